The average Bonchev–Trinajstić information content (AvgIpc) is 2.21. The van der Waals surface area contributed by atoms with Crippen molar-refractivity contribution in [3.05, 3.63) is 24.5 Å². The normalized spacial score (nSPS) is 9.38. The van der Waals surface area contributed by atoms with Crippen molar-refractivity contribution < 1.29 is 4.58 Å². The summed E-state index contributed by atoms with van der Waals surface area (Å²) in [6.45, 7) is 6.14. The second-order valence-corrected chi connectivity index (χ2v) is 2.64. The Labute approximate surface area is 79.1 Å². The summed E-state index contributed by atoms with van der Waals surface area (Å²) in [5, 5.41) is 3.08. The second-order valence-electron chi connectivity index (χ2n) is 2.64. The molecule has 0 saturated heterocycles. The molecule has 0 radical (unpaired) electrons. The number of hydrogen-bond donors (Lipinski definition) is 1. The van der Waals surface area contributed by atoms with Crippen LogP contribution in [0.5, 0.6) is 0 Å². The van der Waals surface area contributed by atoms with E-state index in [1.807, 2.05) is 12.1 Å². The van der Waals surface area contributed by atoms with Gasteiger partial charge < -0.3 is 9.89 Å². The van der Waals surface area contributed by atoms with Gasteiger partial charge in [0.1, 0.15) is 6.34 Å². The zero-order chi connectivity index (χ0) is 9.52. The fourth-order valence-electron chi connectivity index (χ4n) is 0.961. The molecule has 1 aromatic rings. The topological polar surface area (TPSA) is 27.9 Å². The molecular formula is C10H15N3. The van der Waals surface area contributed by atoms with E-state index in [0.717, 1.165) is 18.8 Å². The van der Waals surface area contributed by atoms with Crippen molar-refractivity contribution in [1.29, 1.82) is 0 Å². The molecule has 0 fully saturated rings. The van der Waals surface area contributed by atoms with Crippen LogP contribution in [0.15, 0.2) is 24.5 Å². The van der Waals surface area contributed by atoms with Crippen molar-refractivity contribution >= 4 is 12.0 Å². The van der Waals surface area contributed by atoms with Crippen LogP contribution in [0.2, 0.25) is 0 Å². The van der Waals surface area contributed by atoms with E-state index in [1.54, 1.807) is 12.4 Å². The summed E-state index contributed by atoms with van der Waals surface area (Å²) in [5.74, 6) is 0. The smallest absolute Gasteiger partial charge is 0.129 e. The van der Waals surface area contributed by atoms with Crippen molar-refractivity contribution in [1.82, 2.24) is 4.98 Å². The summed E-state index contributed by atoms with van der Waals surface area (Å²) in [4.78, 5) is 3.93. The first-order valence-electron chi connectivity index (χ1n) is 4.53. The molecule has 1 N–H and O–H groups in total. The summed E-state index contributed by atoms with van der Waals surface area (Å²) in [7, 11) is 0. The number of aromatic nitrogens is 1. The van der Waals surface area contributed by atoms with Gasteiger partial charge in [-0.2, -0.15) is 0 Å². The maximum absolute atomic E-state index is 3.93. The maximum Gasteiger partial charge on any atom is 0.129 e. The van der Waals surface area contributed by atoms with E-state index in [9.17, 15) is 0 Å². The second kappa shape index (κ2) is 5.30. The van der Waals surface area contributed by atoms with Gasteiger partial charge in [0, 0.05) is 12.4 Å². The monoisotopic (exact) mass is 177 g/mol. The van der Waals surface area contributed by atoms with Crippen molar-refractivity contribution in [3.8, 4) is 0 Å². The van der Waals surface area contributed by atoms with Crippen LogP contribution in [0, 0.1) is 0 Å². The molecule has 0 bridgehead atoms. The highest BCUT2D eigenvalue weighted by Gasteiger charge is 1.85. The van der Waals surface area contributed by atoms with Gasteiger partial charge in [-0.1, -0.05) is 12.1 Å². The van der Waals surface area contributed by atoms with E-state index < -0.39 is 0 Å². The zero-order valence-electron chi connectivity index (χ0n) is 8.12. The van der Waals surface area contributed by atoms with Crippen LogP contribution in [0.1, 0.15) is 13.8 Å². The number of rotatable bonds is 4. The van der Waals surface area contributed by atoms with E-state index in [1.165, 1.54) is 0 Å². The summed E-state index contributed by atoms with van der Waals surface area (Å²) in [6, 6.07) is 3.83. The predicted molar refractivity (Wildman–Crippen MR) is 54.2 cm³/mol. The van der Waals surface area contributed by atoms with Crippen LogP contribution in [0.4, 0.5) is 5.69 Å². The molecule has 0 saturated carbocycles. The molecule has 0 aliphatic rings. The van der Waals surface area contributed by atoms with Crippen LogP contribution in [0.25, 0.3) is 0 Å². The van der Waals surface area contributed by atoms with Gasteiger partial charge in [0.15, 0.2) is 0 Å². The third-order valence-corrected chi connectivity index (χ3v) is 1.80. The Hall–Kier alpha value is -1.38. The lowest BCUT2D eigenvalue weighted by Crippen LogP contribution is -2.16. The fourth-order valence-corrected chi connectivity index (χ4v) is 0.961. The number of nitrogens with one attached hydrogen (secondary N) is 1. The zero-order valence-corrected chi connectivity index (χ0v) is 8.12. The number of anilines is 1. The van der Waals surface area contributed by atoms with Crippen molar-refractivity contribution in [2.24, 2.45) is 0 Å². The van der Waals surface area contributed by atoms with Gasteiger partial charge in [0.25, 0.3) is 0 Å². The van der Waals surface area contributed by atoms with Gasteiger partial charge in [-0.3, -0.25) is 4.98 Å². The van der Waals surface area contributed by atoms with E-state index in [4.69, 9.17) is 0 Å². The minimum Gasteiger partial charge on any atom is -0.407 e. The standard InChI is InChI=1S/C10H15N3/c1-3-13(4-2)9-12-10-5-7-11-8-6-10/h5-8H,3-4H2,1-2H3,(H,11,12). The van der Waals surface area contributed by atoms with Crippen molar-refractivity contribution in [2.45, 2.75) is 13.8 Å². The van der Waals surface area contributed by atoms with Crippen LogP contribution in [0.3, 0.4) is 0 Å². The highest BCUT2D eigenvalue weighted by atomic mass is 15.1. The molecule has 0 amide bonds. The van der Waals surface area contributed by atoms with Crippen molar-refractivity contribution in [2.75, 3.05) is 18.4 Å². The van der Waals surface area contributed by atoms with E-state index in [0.29, 0.717) is 0 Å². The van der Waals surface area contributed by atoms with Gasteiger partial charge >= 0.3 is 0 Å². The molecule has 13 heavy (non-hydrogen) atoms. The van der Waals surface area contributed by atoms with Crippen LogP contribution in [-0.4, -0.2) is 29.0 Å². The van der Waals surface area contributed by atoms with Crippen LogP contribution < -0.4 is 5.32 Å². The first kappa shape index (κ1) is 9.71. The molecule has 3 nitrogen and oxygen atoms in total. The lowest BCUT2D eigenvalue weighted by molar-refractivity contribution is -0.516. The molecule has 0 atom stereocenters. The van der Waals surface area contributed by atoms with Gasteiger partial charge in [0.05, 0.1) is 13.1 Å². The van der Waals surface area contributed by atoms with Gasteiger partial charge in [-0.05, 0) is 19.5 Å². The molecule has 0 spiro atoms. The first-order valence-corrected chi connectivity index (χ1v) is 4.53. The van der Waals surface area contributed by atoms with E-state index >= 15 is 0 Å². The number of hydrogen-bond acceptors (Lipinski definition) is 1. The largest absolute Gasteiger partial charge is 0.407 e. The van der Waals surface area contributed by atoms with Gasteiger partial charge in [-0.25, -0.2) is 0 Å². The number of nitrogens with zero attached hydrogens (tertiary/aromatic N) is 2. The molecule has 0 aliphatic carbocycles. The summed E-state index contributed by atoms with van der Waals surface area (Å²) in [6.07, 6.45) is 6.60. The maximum atomic E-state index is 3.93. The molecule has 0 unspecified atom stereocenters. The van der Waals surface area contributed by atoms with Gasteiger partial charge in [-0.15, -0.1) is 0 Å². The lowest BCUT2D eigenvalue weighted by Gasteiger charge is -2.07. The number of pyridine rings is 1. The minimum atomic E-state index is 0.967. The molecular weight excluding hydrogens is 162 g/mol. The van der Waals surface area contributed by atoms with Crippen molar-refractivity contribution in [3.63, 3.8) is 0 Å². The lowest BCUT2D eigenvalue weighted by atomic mass is 10.4. The Morgan fingerprint density at radius 1 is 1.31 bits per heavy atom. The Balaban J connectivity index is 2.55. The summed E-state index contributed by atoms with van der Waals surface area (Å²) >= 11 is 0. The average molecular weight is 177 g/mol. The molecule has 0 aromatic carbocycles. The van der Waals surface area contributed by atoms with Gasteiger partial charge in [0.2, 0.25) is 0 Å². The summed E-state index contributed by atoms with van der Waals surface area (Å²) < 4.78 is 2.07. The van der Waals surface area contributed by atoms with E-state index in [2.05, 4.69) is 35.1 Å². The molecule has 1 heterocycles. The minimum absolute atomic E-state index is 0.967. The highest BCUT2D eigenvalue weighted by Crippen LogP contribution is 2.00. The molecule has 0 aliphatic heterocycles. The Kier molecular flexibility index (Phi) is 3.96. The quantitative estimate of drug-likeness (QED) is 0.248. The first-order chi connectivity index (χ1) is 6.36. The SMILES string of the molecule is CC[N+](=[C-]Nc1ccncc1)CC. The fraction of sp³-hybridized carbons (Fsp3) is 0.400. The highest BCUT2D eigenvalue weighted by molar-refractivity contribution is 5.71. The Bertz CT molecular complexity index is 261. The van der Waals surface area contributed by atoms with Crippen LogP contribution in [-0.2, 0) is 0 Å². The van der Waals surface area contributed by atoms with E-state index in [-0.39, 0.29) is 0 Å². The third kappa shape index (κ3) is 3.23. The molecule has 3 heteroatoms. The Morgan fingerprint density at radius 2 is 1.92 bits per heavy atom. The molecule has 70 valence electrons. The predicted octanol–water partition coefficient (Wildman–Crippen LogP) is 1.45. The third-order valence-electron chi connectivity index (χ3n) is 1.80. The molecule has 1 aromatic heterocycles. The Morgan fingerprint density at radius 3 is 2.46 bits per heavy atom. The van der Waals surface area contributed by atoms with Crippen LogP contribution >= 0.6 is 0 Å². The summed E-state index contributed by atoms with van der Waals surface area (Å²) in [5.41, 5.74) is 1.02. The molecule has 1 rings (SSSR count).